The predicted octanol–water partition coefficient (Wildman–Crippen LogP) is 1.43. The number of amides is 1. The number of nitrogen functional groups attached to an aromatic ring is 1. The van der Waals surface area contributed by atoms with Crippen molar-refractivity contribution in [3.8, 4) is 5.75 Å². The molecule has 20 heavy (non-hydrogen) atoms. The van der Waals surface area contributed by atoms with Crippen molar-refractivity contribution in [2.45, 2.75) is 6.42 Å². The van der Waals surface area contributed by atoms with Crippen molar-refractivity contribution < 1.29 is 9.53 Å². The number of hydrogen-bond acceptors (Lipinski definition) is 4. The highest BCUT2D eigenvalue weighted by atomic mass is 16.5. The summed E-state index contributed by atoms with van der Waals surface area (Å²) in [5.41, 5.74) is 7.09. The molecule has 0 bridgehead atoms. The second kappa shape index (κ2) is 4.88. The molecule has 0 fully saturated rings. The highest BCUT2D eigenvalue weighted by molar-refractivity contribution is 6.09. The fourth-order valence-electron chi connectivity index (χ4n) is 2.30. The van der Waals surface area contributed by atoms with Gasteiger partial charge in [-0.25, -0.2) is 0 Å². The Morgan fingerprint density at radius 1 is 1.40 bits per heavy atom. The van der Waals surface area contributed by atoms with Crippen LogP contribution in [0.15, 0.2) is 30.5 Å². The third-order valence-electron chi connectivity index (χ3n) is 3.40. The van der Waals surface area contributed by atoms with E-state index in [1.165, 1.54) is 10.9 Å². The van der Waals surface area contributed by atoms with Gasteiger partial charge in [-0.3, -0.25) is 9.48 Å². The lowest BCUT2D eigenvalue weighted by Crippen LogP contribution is -2.31. The Balaban J connectivity index is 2.01. The minimum absolute atomic E-state index is 0.145. The number of nitrogens with zero attached hydrogens (tertiary/aromatic N) is 3. The van der Waals surface area contributed by atoms with Crippen molar-refractivity contribution in [2.24, 2.45) is 7.05 Å². The van der Waals surface area contributed by atoms with Gasteiger partial charge in [0.05, 0.1) is 18.5 Å². The minimum Gasteiger partial charge on any atom is -0.491 e. The van der Waals surface area contributed by atoms with Crippen LogP contribution in [0.4, 0.5) is 11.5 Å². The molecule has 0 unspecified atom stereocenters. The number of fused-ring (bicyclic) bond motifs is 1. The summed E-state index contributed by atoms with van der Waals surface area (Å²) >= 11 is 0. The first-order valence-corrected chi connectivity index (χ1v) is 6.49. The van der Waals surface area contributed by atoms with Crippen molar-refractivity contribution in [1.29, 1.82) is 0 Å². The van der Waals surface area contributed by atoms with Gasteiger partial charge in [-0.2, -0.15) is 5.10 Å². The maximum absolute atomic E-state index is 12.7. The molecule has 0 saturated carbocycles. The lowest BCUT2D eigenvalue weighted by Gasteiger charge is -2.21. The number of carbonyl (C=O) groups excluding carboxylic acids is 1. The Labute approximate surface area is 116 Å². The van der Waals surface area contributed by atoms with Crippen LogP contribution in [0, 0.1) is 0 Å². The van der Waals surface area contributed by atoms with Crippen molar-refractivity contribution in [3.63, 3.8) is 0 Å². The number of hydrogen-bond donors (Lipinski definition) is 1. The van der Waals surface area contributed by atoms with E-state index >= 15 is 0 Å². The zero-order valence-corrected chi connectivity index (χ0v) is 11.2. The first kappa shape index (κ1) is 12.5. The molecule has 1 aliphatic heterocycles. The maximum atomic E-state index is 12.7. The van der Waals surface area contributed by atoms with Crippen LogP contribution >= 0.6 is 0 Å². The Morgan fingerprint density at radius 2 is 2.20 bits per heavy atom. The molecule has 3 rings (SSSR count). The lowest BCUT2D eigenvalue weighted by atomic mass is 10.2. The summed E-state index contributed by atoms with van der Waals surface area (Å²) < 4.78 is 7.15. The summed E-state index contributed by atoms with van der Waals surface area (Å²) in [5.74, 6) is 0.951. The van der Waals surface area contributed by atoms with E-state index in [0.717, 1.165) is 17.9 Å². The molecule has 6 nitrogen and oxygen atoms in total. The van der Waals surface area contributed by atoms with Gasteiger partial charge in [0.15, 0.2) is 0 Å². The van der Waals surface area contributed by atoms with Gasteiger partial charge in [-0.05, 0) is 18.6 Å². The lowest BCUT2D eigenvalue weighted by molar-refractivity contribution is 0.0988. The summed E-state index contributed by atoms with van der Waals surface area (Å²) in [6.07, 6.45) is 2.28. The zero-order chi connectivity index (χ0) is 14.1. The van der Waals surface area contributed by atoms with E-state index in [2.05, 4.69) is 5.10 Å². The molecule has 2 heterocycles. The molecule has 1 aromatic carbocycles. The fourth-order valence-corrected chi connectivity index (χ4v) is 2.30. The summed E-state index contributed by atoms with van der Waals surface area (Å²) in [4.78, 5) is 14.4. The molecule has 0 saturated heterocycles. The van der Waals surface area contributed by atoms with E-state index in [1.54, 1.807) is 11.9 Å². The molecule has 0 spiro atoms. The molecule has 0 aliphatic carbocycles. The SMILES string of the molecule is Cn1ncc(C(=O)N2CCCOc3ccccc32)c1N. The van der Waals surface area contributed by atoms with Crippen molar-refractivity contribution in [2.75, 3.05) is 23.8 Å². The van der Waals surface area contributed by atoms with Gasteiger partial charge in [-0.15, -0.1) is 0 Å². The van der Waals surface area contributed by atoms with Gasteiger partial charge >= 0.3 is 0 Å². The number of aryl methyl sites for hydroxylation is 1. The number of carbonyl (C=O) groups is 1. The van der Waals surface area contributed by atoms with Gasteiger partial charge in [0.25, 0.3) is 5.91 Å². The van der Waals surface area contributed by atoms with Crippen LogP contribution in [-0.2, 0) is 7.05 Å². The van der Waals surface area contributed by atoms with Crippen LogP contribution < -0.4 is 15.4 Å². The molecule has 104 valence electrons. The summed E-state index contributed by atoms with van der Waals surface area (Å²) in [6.45, 7) is 1.20. The van der Waals surface area contributed by atoms with E-state index in [9.17, 15) is 4.79 Å². The van der Waals surface area contributed by atoms with E-state index in [-0.39, 0.29) is 5.91 Å². The Morgan fingerprint density at radius 3 is 2.95 bits per heavy atom. The molecule has 6 heteroatoms. The molecule has 2 aromatic rings. The number of benzene rings is 1. The van der Waals surface area contributed by atoms with E-state index in [4.69, 9.17) is 10.5 Å². The number of rotatable bonds is 1. The third kappa shape index (κ3) is 1.99. The first-order chi connectivity index (χ1) is 9.68. The summed E-state index contributed by atoms with van der Waals surface area (Å²) in [6, 6.07) is 7.53. The summed E-state index contributed by atoms with van der Waals surface area (Å²) in [7, 11) is 1.71. The average molecular weight is 272 g/mol. The smallest absolute Gasteiger partial charge is 0.263 e. The van der Waals surface area contributed by atoms with Crippen molar-refractivity contribution >= 4 is 17.4 Å². The van der Waals surface area contributed by atoms with Crippen LogP contribution in [0.25, 0.3) is 0 Å². The third-order valence-corrected chi connectivity index (χ3v) is 3.40. The molecule has 1 aromatic heterocycles. The normalized spacial score (nSPS) is 14.3. The standard InChI is InChI=1S/C14H16N4O2/c1-17-13(15)10(9-16-17)14(19)18-7-4-8-20-12-6-3-2-5-11(12)18/h2-3,5-6,9H,4,7-8,15H2,1H3. The topological polar surface area (TPSA) is 73.4 Å². The van der Waals surface area contributed by atoms with Gasteiger partial charge in [0.2, 0.25) is 0 Å². The van der Waals surface area contributed by atoms with Crippen LogP contribution in [-0.4, -0.2) is 28.8 Å². The number of ether oxygens (including phenoxy) is 1. The zero-order valence-electron chi connectivity index (χ0n) is 11.2. The van der Waals surface area contributed by atoms with Crippen LogP contribution in [0.3, 0.4) is 0 Å². The van der Waals surface area contributed by atoms with Gasteiger partial charge in [0, 0.05) is 13.6 Å². The van der Waals surface area contributed by atoms with E-state index in [1.807, 2.05) is 24.3 Å². The van der Waals surface area contributed by atoms with Crippen LogP contribution in [0.1, 0.15) is 16.8 Å². The maximum Gasteiger partial charge on any atom is 0.263 e. The van der Waals surface area contributed by atoms with E-state index < -0.39 is 0 Å². The highest BCUT2D eigenvalue weighted by Crippen LogP contribution is 2.32. The Bertz CT molecular complexity index is 650. The largest absolute Gasteiger partial charge is 0.491 e. The number of nitrogens with two attached hydrogens (primary N) is 1. The summed E-state index contributed by atoms with van der Waals surface area (Å²) in [5, 5.41) is 4.02. The Hall–Kier alpha value is -2.50. The second-order valence-corrected chi connectivity index (χ2v) is 4.69. The van der Waals surface area contributed by atoms with E-state index in [0.29, 0.717) is 24.5 Å². The van der Waals surface area contributed by atoms with Crippen molar-refractivity contribution in [1.82, 2.24) is 9.78 Å². The number of anilines is 2. The quantitative estimate of drug-likeness (QED) is 0.852. The average Bonchev–Trinajstić information content (AvgIpc) is 2.68. The fraction of sp³-hybridized carbons (Fsp3) is 0.286. The van der Waals surface area contributed by atoms with Crippen LogP contribution in [0.5, 0.6) is 5.75 Å². The number of aromatic nitrogens is 2. The second-order valence-electron chi connectivity index (χ2n) is 4.69. The number of para-hydroxylation sites is 2. The predicted molar refractivity (Wildman–Crippen MR) is 75.9 cm³/mol. The van der Waals surface area contributed by atoms with Gasteiger partial charge in [0.1, 0.15) is 17.1 Å². The first-order valence-electron chi connectivity index (χ1n) is 6.49. The molecule has 0 radical (unpaired) electrons. The monoisotopic (exact) mass is 272 g/mol. The molecule has 2 N–H and O–H groups in total. The molecule has 1 aliphatic rings. The van der Waals surface area contributed by atoms with Crippen molar-refractivity contribution in [3.05, 3.63) is 36.0 Å². The molecular formula is C14H16N4O2. The van der Waals surface area contributed by atoms with Gasteiger partial charge < -0.3 is 15.4 Å². The molecule has 0 atom stereocenters. The van der Waals surface area contributed by atoms with Crippen LogP contribution in [0.2, 0.25) is 0 Å². The Kier molecular flexibility index (Phi) is 3.06. The highest BCUT2D eigenvalue weighted by Gasteiger charge is 2.25. The van der Waals surface area contributed by atoms with Gasteiger partial charge in [-0.1, -0.05) is 12.1 Å². The minimum atomic E-state index is -0.145. The molecule has 1 amide bonds. The molecular weight excluding hydrogens is 256 g/mol.